The third-order valence-corrected chi connectivity index (χ3v) is 2.43. The minimum absolute atomic E-state index is 0.000741. The lowest BCUT2D eigenvalue weighted by Crippen LogP contribution is -2.15. The van der Waals surface area contributed by atoms with Crippen molar-refractivity contribution in [1.29, 1.82) is 0 Å². The molecule has 1 aromatic carbocycles. The summed E-state index contributed by atoms with van der Waals surface area (Å²) >= 11 is 0. The highest BCUT2D eigenvalue weighted by Crippen LogP contribution is 2.41. The number of hydrogen-bond acceptors (Lipinski definition) is 1. The standard InChI is InChI=1S/C10H9F2NO/c11-6-1-2-7(9(12)3-6)8-4-10(8)13-5-14/h1-3,5,8,10H,4H2,(H,13,14)/t8-,10+/m0/s1. The van der Waals surface area contributed by atoms with Crippen LogP contribution in [-0.2, 0) is 4.79 Å². The second-order valence-corrected chi connectivity index (χ2v) is 3.40. The average Bonchev–Trinajstić information content (AvgIpc) is 2.84. The van der Waals surface area contributed by atoms with Gasteiger partial charge >= 0.3 is 0 Å². The zero-order valence-electron chi connectivity index (χ0n) is 7.34. The lowest BCUT2D eigenvalue weighted by molar-refractivity contribution is -0.109. The van der Waals surface area contributed by atoms with Gasteiger partial charge in [-0.05, 0) is 18.1 Å². The van der Waals surface area contributed by atoms with E-state index in [1.807, 2.05) is 0 Å². The lowest BCUT2D eigenvalue weighted by atomic mass is 10.1. The number of benzene rings is 1. The Bertz CT molecular complexity index is 367. The maximum Gasteiger partial charge on any atom is 0.207 e. The molecule has 1 saturated carbocycles. The van der Waals surface area contributed by atoms with Crippen molar-refractivity contribution in [2.24, 2.45) is 0 Å². The summed E-state index contributed by atoms with van der Waals surface area (Å²) in [5.41, 5.74) is 0.478. The first-order valence-corrected chi connectivity index (χ1v) is 4.37. The molecule has 1 aromatic rings. The molecule has 74 valence electrons. The van der Waals surface area contributed by atoms with E-state index in [0.29, 0.717) is 12.0 Å². The molecule has 2 nitrogen and oxygen atoms in total. The molecular formula is C10H9F2NO. The number of carbonyl (C=O) groups excluding carboxylic acids is 1. The fourth-order valence-corrected chi connectivity index (χ4v) is 1.61. The summed E-state index contributed by atoms with van der Waals surface area (Å²) in [6.45, 7) is 0. The van der Waals surface area contributed by atoms with Gasteiger partial charge < -0.3 is 5.32 Å². The topological polar surface area (TPSA) is 29.1 Å². The normalized spacial score (nSPS) is 24.4. The van der Waals surface area contributed by atoms with E-state index in [4.69, 9.17) is 0 Å². The van der Waals surface area contributed by atoms with Gasteiger partial charge in [-0.1, -0.05) is 6.07 Å². The van der Waals surface area contributed by atoms with Crippen LogP contribution in [0.1, 0.15) is 17.9 Å². The monoisotopic (exact) mass is 197 g/mol. The number of nitrogens with one attached hydrogen (secondary N) is 1. The Kier molecular flexibility index (Phi) is 2.19. The molecule has 0 aromatic heterocycles. The number of amides is 1. The van der Waals surface area contributed by atoms with E-state index in [1.165, 1.54) is 12.1 Å². The van der Waals surface area contributed by atoms with Crippen molar-refractivity contribution in [2.75, 3.05) is 0 Å². The minimum atomic E-state index is -0.577. The summed E-state index contributed by atoms with van der Waals surface area (Å²) in [5.74, 6) is -1.11. The molecule has 14 heavy (non-hydrogen) atoms. The SMILES string of the molecule is O=CN[C@@H]1C[C@H]1c1ccc(F)cc1F. The fourth-order valence-electron chi connectivity index (χ4n) is 1.61. The quantitative estimate of drug-likeness (QED) is 0.732. The number of hydrogen-bond donors (Lipinski definition) is 1. The van der Waals surface area contributed by atoms with Crippen molar-refractivity contribution >= 4 is 6.41 Å². The van der Waals surface area contributed by atoms with Crippen LogP contribution in [0.4, 0.5) is 8.78 Å². The maximum atomic E-state index is 13.2. The van der Waals surface area contributed by atoms with Crippen LogP contribution in [0.3, 0.4) is 0 Å². The molecule has 0 spiro atoms. The summed E-state index contributed by atoms with van der Waals surface area (Å²) in [4.78, 5) is 10.1. The van der Waals surface area contributed by atoms with E-state index in [0.717, 1.165) is 12.5 Å². The van der Waals surface area contributed by atoms with Crippen LogP contribution >= 0.6 is 0 Å². The van der Waals surface area contributed by atoms with Gasteiger partial charge in [0.1, 0.15) is 11.6 Å². The van der Waals surface area contributed by atoms with Gasteiger partial charge in [-0.15, -0.1) is 0 Å². The molecule has 1 aliphatic carbocycles. The minimum Gasteiger partial charge on any atom is -0.355 e. The van der Waals surface area contributed by atoms with E-state index < -0.39 is 11.6 Å². The van der Waals surface area contributed by atoms with Gasteiger partial charge in [0.25, 0.3) is 0 Å². The number of carbonyl (C=O) groups is 1. The summed E-state index contributed by atoms with van der Waals surface area (Å²) in [7, 11) is 0. The Balaban J connectivity index is 2.15. The average molecular weight is 197 g/mol. The van der Waals surface area contributed by atoms with E-state index in [2.05, 4.69) is 5.32 Å². The van der Waals surface area contributed by atoms with Crippen LogP contribution in [0.5, 0.6) is 0 Å². The molecule has 0 radical (unpaired) electrons. The first kappa shape index (κ1) is 9.12. The van der Waals surface area contributed by atoms with E-state index in [9.17, 15) is 13.6 Å². The first-order valence-electron chi connectivity index (χ1n) is 4.37. The van der Waals surface area contributed by atoms with Crippen molar-refractivity contribution in [3.05, 3.63) is 35.4 Å². The van der Waals surface area contributed by atoms with Crippen LogP contribution in [0.25, 0.3) is 0 Å². The Morgan fingerprint density at radius 1 is 1.43 bits per heavy atom. The summed E-state index contributed by atoms with van der Waals surface area (Å²) < 4.78 is 25.8. The van der Waals surface area contributed by atoms with Gasteiger partial charge in [0.2, 0.25) is 6.41 Å². The molecule has 2 rings (SSSR count). The molecule has 0 aliphatic heterocycles. The Morgan fingerprint density at radius 3 is 2.86 bits per heavy atom. The fraction of sp³-hybridized carbons (Fsp3) is 0.300. The largest absolute Gasteiger partial charge is 0.355 e. The number of rotatable bonds is 3. The molecule has 0 heterocycles. The third kappa shape index (κ3) is 1.60. The Hall–Kier alpha value is -1.45. The molecular weight excluding hydrogens is 188 g/mol. The van der Waals surface area contributed by atoms with Crippen LogP contribution in [0.2, 0.25) is 0 Å². The molecule has 0 saturated heterocycles. The second kappa shape index (κ2) is 3.36. The zero-order valence-corrected chi connectivity index (χ0v) is 7.34. The summed E-state index contributed by atoms with van der Waals surface area (Å²) in [5, 5.41) is 2.57. The van der Waals surface area contributed by atoms with Gasteiger partial charge in [-0.3, -0.25) is 4.79 Å². The van der Waals surface area contributed by atoms with Crippen molar-refractivity contribution in [2.45, 2.75) is 18.4 Å². The number of halogens is 2. The van der Waals surface area contributed by atoms with Gasteiger partial charge in [-0.2, -0.15) is 0 Å². The zero-order chi connectivity index (χ0) is 10.1. The van der Waals surface area contributed by atoms with E-state index in [-0.39, 0.29) is 12.0 Å². The van der Waals surface area contributed by atoms with Crippen molar-refractivity contribution < 1.29 is 13.6 Å². The Labute approximate surface area is 79.9 Å². The summed E-state index contributed by atoms with van der Waals surface area (Å²) in [6.07, 6.45) is 1.33. The predicted molar refractivity (Wildman–Crippen MR) is 46.7 cm³/mol. The van der Waals surface area contributed by atoms with Crippen LogP contribution in [0, 0.1) is 11.6 Å². The molecule has 2 atom stereocenters. The molecule has 1 amide bonds. The van der Waals surface area contributed by atoms with Crippen LogP contribution < -0.4 is 5.32 Å². The molecule has 1 aliphatic rings. The van der Waals surface area contributed by atoms with Gasteiger partial charge in [0, 0.05) is 18.0 Å². The Morgan fingerprint density at radius 2 is 2.21 bits per heavy atom. The molecule has 0 unspecified atom stereocenters. The van der Waals surface area contributed by atoms with Crippen molar-refractivity contribution in [3.63, 3.8) is 0 Å². The molecule has 1 N–H and O–H groups in total. The lowest BCUT2D eigenvalue weighted by Gasteiger charge is -2.01. The predicted octanol–water partition coefficient (Wildman–Crippen LogP) is 1.57. The third-order valence-electron chi connectivity index (χ3n) is 2.43. The van der Waals surface area contributed by atoms with E-state index >= 15 is 0 Å². The van der Waals surface area contributed by atoms with E-state index in [1.54, 1.807) is 0 Å². The van der Waals surface area contributed by atoms with Crippen molar-refractivity contribution in [3.8, 4) is 0 Å². The smallest absolute Gasteiger partial charge is 0.207 e. The highest BCUT2D eigenvalue weighted by molar-refractivity contribution is 5.49. The first-order chi connectivity index (χ1) is 6.72. The highest BCUT2D eigenvalue weighted by atomic mass is 19.1. The summed E-state index contributed by atoms with van der Waals surface area (Å²) in [6, 6.07) is 3.54. The van der Waals surface area contributed by atoms with Crippen molar-refractivity contribution in [1.82, 2.24) is 5.32 Å². The van der Waals surface area contributed by atoms with Gasteiger partial charge in [0.15, 0.2) is 0 Å². The molecule has 0 bridgehead atoms. The molecule has 1 fully saturated rings. The van der Waals surface area contributed by atoms with Gasteiger partial charge in [-0.25, -0.2) is 8.78 Å². The second-order valence-electron chi connectivity index (χ2n) is 3.40. The van der Waals surface area contributed by atoms with Crippen LogP contribution in [-0.4, -0.2) is 12.5 Å². The maximum absolute atomic E-state index is 13.2. The van der Waals surface area contributed by atoms with Crippen LogP contribution in [0.15, 0.2) is 18.2 Å². The molecule has 4 heteroatoms. The highest BCUT2D eigenvalue weighted by Gasteiger charge is 2.39. The van der Waals surface area contributed by atoms with Gasteiger partial charge in [0.05, 0.1) is 0 Å².